The van der Waals surface area contributed by atoms with Crippen LogP contribution in [0.5, 0.6) is 5.75 Å². The fourth-order valence-electron chi connectivity index (χ4n) is 2.53. The summed E-state index contributed by atoms with van der Waals surface area (Å²) in [4.78, 5) is 8.08. The standard InChI is InChI=1S/C18H14F2N6O/c1-27-16-7-12(4-5-13(16)19)23-17-14(20)9-21-18(25-17)24-11-3-2-10-8-22-26-15(10)6-11/h2-9H,1H3,(H,22,26)(H2,21,23,24,25). The summed E-state index contributed by atoms with van der Waals surface area (Å²) in [7, 11) is 1.35. The maximum Gasteiger partial charge on any atom is 0.229 e. The molecule has 0 spiro atoms. The molecule has 0 bridgehead atoms. The molecule has 0 aliphatic rings. The largest absolute Gasteiger partial charge is 0.494 e. The van der Waals surface area contributed by atoms with Crippen molar-refractivity contribution in [1.29, 1.82) is 0 Å². The van der Waals surface area contributed by atoms with E-state index in [1.807, 2.05) is 18.2 Å². The van der Waals surface area contributed by atoms with E-state index in [2.05, 4.69) is 30.8 Å². The van der Waals surface area contributed by atoms with Crippen LogP contribution in [0.4, 0.5) is 31.9 Å². The molecule has 4 rings (SSSR count). The normalized spacial score (nSPS) is 10.8. The van der Waals surface area contributed by atoms with E-state index in [9.17, 15) is 8.78 Å². The molecule has 0 atom stereocenters. The highest BCUT2D eigenvalue weighted by atomic mass is 19.1. The van der Waals surface area contributed by atoms with Crippen molar-refractivity contribution < 1.29 is 13.5 Å². The molecule has 0 fully saturated rings. The van der Waals surface area contributed by atoms with Crippen LogP contribution in [0.15, 0.2) is 48.8 Å². The first-order valence-electron chi connectivity index (χ1n) is 7.95. The van der Waals surface area contributed by atoms with Gasteiger partial charge in [-0.05, 0) is 30.3 Å². The molecule has 0 radical (unpaired) electrons. The van der Waals surface area contributed by atoms with Gasteiger partial charge in [-0.1, -0.05) is 0 Å². The second-order valence-corrected chi connectivity index (χ2v) is 5.66. The van der Waals surface area contributed by atoms with Crippen molar-refractivity contribution in [3.63, 3.8) is 0 Å². The summed E-state index contributed by atoms with van der Waals surface area (Å²) < 4.78 is 32.5. The summed E-state index contributed by atoms with van der Waals surface area (Å²) in [6.07, 6.45) is 2.76. The third-order valence-electron chi connectivity index (χ3n) is 3.86. The predicted molar refractivity (Wildman–Crippen MR) is 97.6 cm³/mol. The van der Waals surface area contributed by atoms with Gasteiger partial charge in [-0.2, -0.15) is 10.1 Å². The fourth-order valence-corrected chi connectivity index (χ4v) is 2.53. The van der Waals surface area contributed by atoms with Gasteiger partial charge >= 0.3 is 0 Å². The third-order valence-corrected chi connectivity index (χ3v) is 3.86. The molecular weight excluding hydrogens is 354 g/mol. The highest BCUT2D eigenvalue weighted by molar-refractivity contribution is 5.82. The summed E-state index contributed by atoms with van der Waals surface area (Å²) in [6, 6.07) is 9.65. The third kappa shape index (κ3) is 3.47. The number of H-pyrrole nitrogens is 1. The smallest absolute Gasteiger partial charge is 0.229 e. The summed E-state index contributed by atoms with van der Waals surface area (Å²) in [5.74, 6) is -0.966. The molecule has 2 aromatic carbocycles. The van der Waals surface area contributed by atoms with E-state index in [0.717, 1.165) is 17.1 Å². The second kappa shape index (κ2) is 6.87. The van der Waals surface area contributed by atoms with Crippen molar-refractivity contribution in [2.45, 2.75) is 0 Å². The van der Waals surface area contributed by atoms with Gasteiger partial charge in [0, 0.05) is 22.8 Å². The number of rotatable bonds is 5. The Morgan fingerprint density at radius 1 is 0.963 bits per heavy atom. The topological polar surface area (TPSA) is 87.8 Å². The molecule has 4 aromatic rings. The molecular formula is C18H14F2N6O. The lowest BCUT2D eigenvalue weighted by Crippen LogP contribution is -2.03. The van der Waals surface area contributed by atoms with Gasteiger partial charge in [-0.15, -0.1) is 0 Å². The fraction of sp³-hybridized carbons (Fsp3) is 0.0556. The minimum Gasteiger partial charge on any atom is -0.494 e. The number of ether oxygens (including phenoxy) is 1. The molecule has 3 N–H and O–H groups in total. The van der Waals surface area contributed by atoms with E-state index in [0.29, 0.717) is 11.4 Å². The zero-order valence-corrected chi connectivity index (χ0v) is 14.1. The Labute approximate surface area is 152 Å². The lowest BCUT2D eigenvalue weighted by atomic mass is 10.2. The van der Waals surface area contributed by atoms with Crippen LogP contribution < -0.4 is 15.4 Å². The van der Waals surface area contributed by atoms with Crippen LogP contribution in [-0.4, -0.2) is 27.3 Å². The van der Waals surface area contributed by atoms with Gasteiger partial charge in [0.25, 0.3) is 0 Å². The van der Waals surface area contributed by atoms with Crippen molar-refractivity contribution in [3.05, 3.63) is 60.4 Å². The van der Waals surface area contributed by atoms with Crippen LogP contribution in [-0.2, 0) is 0 Å². The van der Waals surface area contributed by atoms with Crippen molar-refractivity contribution in [3.8, 4) is 5.75 Å². The Morgan fingerprint density at radius 2 is 1.78 bits per heavy atom. The lowest BCUT2D eigenvalue weighted by molar-refractivity contribution is 0.387. The summed E-state index contributed by atoms with van der Waals surface area (Å²) >= 11 is 0. The number of aromatic nitrogens is 4. The minimum absolute atomic E-state index is 0.0423. The number of anilines is 4. The van der Waals surface area contributed by atoms with Gasteiger partial charge < -0.3 is 15.4 Å². The zero-order chi connectivity index (χ0) is 18.8. The van der Waals surface area contributed by atoms with Crippen molar-refractivity contribution in [1.82, 2.24) is 20.2 Å². The van der Waals surface area contributed by atoms with Gasteiger partial charge in [0.15, 0.2) is 23.2 Å². The molecule has 0 amide bonds. The van der Waals surface area contributed by atoms with E-state index >= 15 is 0 Å². The SMILES string of the molecule is COc1cc(Nc2nc(Nc3ccc4cn[nH]c4c3)ncc2F)ccc1F. The molecule has 2 heterocycles. The zero-order valence-electron chi connectivity index (χ0n) is 14.1. The Kier molecular flexibility index (Phi) is 4.25. The number of aromatic amines is 1. The van der Waals surface area contributed by atoms with Gasteiger partial charge in [-0.25, -0.2) is 13.8 Å². The average molecular weight is 368 g/mol. The Balaban J connectivity index is 1.59. The van der Waals surface area contributed by atoms with Crippen molar-refractivity contribution in [2.75, 3.05) is 17.7 Å². The molecule has 9 heteroatoms. The number of methoxy groups -OCH3 is 1. The van der Waals surface area contributed by atoms with Gasteiger partial charge in [-0.3, -0.25) is 5.10 Å². The van der Waals surface area contributed by atoms with Gasteiger partial charge in [0.2, 0.25) is 5.95 Å². The average Bonchev–Trinajstić information content (AvgIpc) is 3.14. The number of hydrogen-bond donors (Lipinski definition) is 3. The Hall–Kier alpha value is -3.75. The van der Waals surface area contributed by atoms with E-state index in [1.165, 1.54) is 25.3 Å². The van der Waals surface area contributed by atoms with Gasteiger partial charge in [0.1, 0.15) is 0 Å². The van der Waals surface area contributed by atoms with Crippen LogP contribution in [0, 0.1) is 11.6 Å². The van der Waals surface area contributed by atoms with Crippen LogP contribution in [0.25, 0.3) is 10.9 Å². The number of nitrogens with one attached hydrogen (secondary N) is 3. The maximum absolute atomic E-state index is 14.1. The molecule has 136 valence electrons. The maximum atomic E-state index is 14.1. The first-order valence-corrected chi connectivity index (χ1v) is 7.95. The lowest BCUT2D eigenvalue weighted by Gasteiger charge is -2.11. The van der Waals surface area contributed by atoms with Crippen LogP contribution >= 0.6 is 0 Å². The number of nitrogens with zero attached hydrogens (tertiary/aromatic N) is 3. The van der Waals surface area contributed by atoms with E-state index < -0.39 is 11.6 Å². The van der Waals surface area contributed by atoms with Crippen LogP contribution in [0.3, 0.4) is 0 Å². The first kappa shape index (κ1) is 16.7. The van der Waals surface area contributed by atoms with Crippen LogP contribution in [0.2, 0.25) is 0 Å². The van der Waals surface area contributed by atoms with Crippen molar-refractivity contribution in [2.24, 2.45) is 0 Å². The van der Waals surface area contributed by atoms with E-state index in [1.54, 1.807) is 6.20 Å². The molecule has 0 unspecified atom stereocenters. The summed E-state index contributed by atoms with van der Waals surface area (Å²) in [6.45, 7) is 0. The van der Waals surface area contributed by atoms with Crippen molar-refractivity contribution >= 4 is 34.0 Å². The first-order chi connectivity index (χ1) is 13.1. The molecule has 0 aliphatic carbocycles. The van der Waals surface area contributed by atoms with E-state index in [-0.39, 0.29) is 17.5 Å². The molecule has 2 aromatic heterocycles. The molecule has 0 aliphatic heterocycles. The molecule has 0 saturated carbocycles. The highest BCUT2D eigenvalue weighted by Crippen LogP contribution is 2.26. The summed E-state index contributed by atoms with van der Waals surface area (Å²) in [5, 5.41) is 13.6. The monoisotopic (exact) mass is 368 g/mol. The molecule has 7 nitrogen and oxygen atoms in total. The number of halogens is 2. The number of fused-ring (bicyclic) bond motifs is 1. The number of benzene rings is 2. The Bertz CT molecular complexity index is 1110. The predicted octanol–water partition coefficient (Wildman–Crippen LogP) is 4.13. The second-order valence-electron chi connectivity index (χ2n) is 5.66. The Morgan fingerprint density at radius 3 is 2.63 bits per heavy atom. The minimum atomic E-state index is -0.645. The summed E-state index contributed by atoms with van der Waals surface area (Å²) in [5.41, 5.74) is 1.99. The van der Waals surface area contributed by atoms with Crippen LogP contribution in [0.1, 0.15) is 0 Å². The molecule has 0 saturated heterocycles. The quantitative estimate of drug-likeness (QED) is 0.491. The molecule has 27 heavy (non-hydrogen) atoms. The van der Waals surface area contributed by atoms with E-state index in [4.69, 9.17) is 4.74 Å². The highest BCUT2D eigenvalue weighted by Gasteiger charge is 2.10. The number of hydrogen-bond acceptors (Lipinski definition) is 6. The van der Waals surface area contributed by atoms with Gasteiger partial charge in [0.05, 0.1) is 25.0 Å².